The van der Waals surface area contributed by atoms with Gasteiger partial charge in [-0.1, -0.05) is 32.0 Å². The molecule has 1 fully saturated rings. The van der Waals surface area contributed by atoms with Gasteiger partial charge in [-0.05, 0) is 38.3 Å². The maximum absolute atomic E-state index is 13.9. The summed E-state index contributed by atoms with van der Waals surface area (Å²) in [6.45, 7) is 6.73. The molecule has 2 nitrogen and oxygen atoms in total. The van der Waals surface area contributed by atoms with E-state index in [2.05, 4.69) is 24.1 Å². The second-order valence-corrected chi connectivity index (χ2v) is 6.27. The van der Waals surface area contributed by atoms with Crippen LogP contribution in [0.1, 0.15) is 44.7 Å². The molecule has 2 rings (SSSR count). The van der Waals surface area contributed by atoms with Crippen molar-refractivity contribution in [1.82, 2.24) is 10.2 Å². The van der Waals surface area contributed by atoms with Crippen molar-refractivity contribution in [3.05, 3.63) is 35.6 Å². The molecule has 1 unspecified atom stereocenters. The highest BCUT2D eigenvalue weighted by molar-refractivity contribution is 5.21. The molecule has 0 radical (unpaired) electrons. The molecule has 0 spiro atoms. The van der Waals surface area contributed by atoms with Crippen LogP contribution in [0.4, 0.5) is 4.39 Å². The standard InChI is InChI=1S/C17H27FN2/c1-13(2)12-20(14-8-9-14)11-10-17(19-3)15-6-4-5-7-16(15)18/h4-7,13-14,17,19H,8-12H2,1-3H3. The van der Waals surface area contributed by atoms with Crippen LogP contribution in [0.25, 0.3) is 0 Å². The van der Waals surface area contributed by atoms with E-state index in [1.807, 2.05) is 19.2 Å². The number of hydrogen-bond donors (Lipinski definition) is 1. The third-order valence-corrected chi connectivity index (χ3v) is 4.00. The van der Waals surface area contributed by atoms with E-state index in [1.54, 1.807) is 12.1 Å². The third kappa shape index (κ3) is 4.29. The molecule has 1 aromatic carbocycles. The molecular formula is C17H27FN2. The zero-order valence-electron chi connectivity index (χ0n) is 12.9. The summed E-state index contributed by atoms with van der Waals surface area (Å²) in [6.07, 6.45) is 3.62. The van der Waals surface area contributed by atoms with Crippen LogP contribution in [0, 0.1) is 11.7 Å². The summed E-state index contributed by atoms with van der Waals surface area (Å²) >= 11 is 0. The minimum Gasteiger partial charge on any atom is -0.313 e. The van der Waals surface area contributed by atoms with Crippen molar-refractivity contribution in [2.24, 2.45) is 5.92 Å². The average molecular weight is 278 g/mol. The zero-order chi connectivity index (χ0) is 14.5. The van der Waals surface area contributed by atoms with Gasteiger partial charge in [0.2, 0.25) is 0 Å². The quantitative estimate of drug-likeness (QED) is 0.781. The molecule has 0 saturated heterocycles. The average Bonchev–Trinajstić information content (AvgIpc) is 3.24. The van der Waals surface area contributed by atoms with Crippen molar-refractivity contribution in [3.63, 3.8) is 0 Å². The second-order valence-electron chi connectivity index (χ2n) is 6.27. The van der Waals surface area contributed by atoms with Gasteiger partial charge in [0.25, 0.3) is 0 Å². The molecule has 1 aliphatic carbocycles. The lowest BCUT2D eigenvalue weighted by Crippen LogP contribution is -2.33. The van der Waals surface area contributed by atoms with Crippen LogP contribution in [0.3, 0.4) is 0 Å². The highest BCUT2D eigenvalue weighted by Crippen LogP contribution is 2.29. The maximum Gasteiger partial charge on any atom is 0.127 e. The first-order valence-corrected chi connectivity index (χ1v) is 7.77. The van der Waals surface area contributed by atoms with Crippen molar-refractivity contribution in [2.75, 3.05) is 20.1 Å². The van der Waals surface area contributed by atoms with Crippen molar-refractivity contribution in [2.45, 2.75) is 45.2 Å². The third-order valence-electron chi connectivity index (χ3n) is 4.00. The predicted octanol–water partition coefficient (Wildman–Crippen LogP) is 3.60. The number of rotatable bonds is 8. The lowest BCUT2D eigenvalue weighted by Gasteiger charge is -2.26. The molecule has 20 heavy (non-hydrogen) atoms. The van der Waals surface area contributed by atoms with Gasteiger partial charge >= 0.3 is 0 Å². The first-order valence-electron chi connectivity index (χ1n) is 7.77. The number of hydrogen-bond acceptors (Lipinski definition) is 2. The Kier molecular flexibility index (Phi) is 5.55. The van der Waals surface area contributed by atoms with Gasteiger partial charge < -0.3 is 10.2 Å². The zero-order valence-corrected chi connectivity index (χ0v) is 12.9. The van der Waals surface area contributed by atoms with Crippen molar-refractivity contribution in [3.8, 4) is 0 Å². The molecule has 1 aliphatic rings. The lowest BCUT2D eigenvalue weighted by atomic mass is 10.0. The van der Waals surface area contributed by atoms with E-state index in [9.17, 15) is 4.39 Å². The molecule has 1 N–H and O–H groups in total. The molecule has 1 atom stereocenters. The van der Waals surface area contributed by atoms with E-state index in [0.29, 0.717) is 5.92 Å². The summed E-state index contributed by atoms with van der Waals surface area (Å²) in [7, 11) is 1.92. The Morgan fingerprint density at radius 2 is 2.00 bits per heavy atom. The summed E-state index contributed by atoms with van der Waals surface area (Å²) in [5.74, 6) is 0.589. The SMILES string of the molecule is CNC(CCN(CC(C)C)C1CC1)c1ccccc1F. The van der Waals surface area contributed by atoms with Crippen LogP contribution in [-0.4, -0.2) is 31.1 Å². The van der Waals surface area contributed by atoms with Gasteiger partial charge in [0, 0.05) is 30.7 Å². The van der Waals surface area contributed by atoms with Gasteiger partial charge in [-0.15, -0.1) is 0 Å². The van der Waals surface area contributed by atoms with Gasteiger partial charge in [-0.25, -0.2) is 4.39 Å². The summed E-state index contributed by atoms with van der Waals surface area (Å²) in [5, 5.41) is 3.26. The van der Waals surface area contributed by atoms with Gasteiger partial charge in [0.15, 0.2) is 0 Å². The van der Waals surface area contributed by atoms with Gasteiger partial charge in [-0.3, -0.25) is 0 Å². The van der Waals surface area contributed by atoms with E-state index in [1.165, 1.54) is 12.8 Å². The first-order chi connectivity index (χ1) is 9.61. The van der Waals surface area contributed by atoms with Crippen molar-refractivity contribution >= 4 is 0 Å². The second kappa shape index (κ2) is 7.19. The minimum absolute atomic E-state index is 0.101. The van der Waals surface area contributed by atoms with Gasteiger partial charge in [-0.2, -0.15) is 0 Å². The Labute approximate surface area is 122 Å². The molecule has 1 aromatic rings. The molecule has 0 amide bonds. The predicted molar refractivity (Wildman–Crippen MR) is 82.3 cm³/mol. The van der Waals surface area contributed by atoms with Crippen LogP contribution in [0.15, 0.2) is 24.3 Å². The summed E-state index contributed by atoms with van der Waals surface area (Å²) in [6, 6.07) is 7.98. The maximum atomic E-state index is 13.9. The summed E-state index contributed by atoms with van der Waals surface area (Å²) in [5.41, 5.74) is 0.787. The topological polar surface area (TPSA) is 15.3 Å². The molecule has 3 heteroatoms. The Bertz CT molecular complexity index is 415. The molecule has 1 saturated carbocycles. The minimum atomic E-state index is -0.103. The number of nitrogens with zero attached hydrogens (tertiary/aromatic N) is 1. The Morgan fingerprint density at radius 1 is 1.30 bits per heavy atom. The van der Waals surface area contributed by atoms with Crippen LogP contribution >= 0.6 is 0 Å². The van der Waals surface area contributed by atoms with Crippen molar-refractivity contribution < 1.29 is 4.39 Å². The smallest absolute Gasteiger partial charge is 0.127 e. The fraction of sp³-hybridized carbons (Fsp3) is 0.647. The van der Waals surface area contributed by atoms with Crippen LogP contribution in [-0.2, 0) is 0 Å². The highest BCUT2D eigenvalue weighted by atomic mass is 19.1. The molecule has 0 bridgehead atoms. The van der Waals surface area contributed by atoms with Gasteiger partial charge in [0.1, 0.15) is 5.82 Å². The molecule has 0 heterocycles. The van der Waals surface area contributed by atoms with Crippen molar-refractivity contribution in [1.29, 1.82) is 0 Å². The summed E-state index contributed by atoms with van der Waals surface area (Å²) < 4.78 is 13.9. The number of nitrogens with one attached hydrogen (secondary N) is 1. The largest absolute Gasteiger partial charge is 0.313 e. The van der Waals surface area contributed by atoms with Crippen LogP contribution < -0.4 is 5.32 Å². The van der Waals surface area contributed by atoms with E-state index in [-0.39, 0.29) is 11.9 Å². The Hall–Kier alpha value is -0.930. The molecular weight excluding hydrogens is 251 g/mol. The number of benzene rings is 1. The van der Waals surface area contributed by atoms with E-state index >= 15 is 0 Å². The molecule has 0 aliphatic heterocycles. The van der Waals surface area contributed by atoms with Gasteiger partial charge in [0.05, 0.1) is 0 Å². The lowest BCUT2D eigenvalue weighted by molar-refractivity contribution is 0.222. The molecule has 0 aromatic heterocycles. The monoisotopic (exact) mass is 278 g/mol. The summed E-state index contributed by atoms with van der Waals surface area (Å²) in [4.78, 5) is 2.58. The Balaban J connectivity index is 1.94. The molecule has 112 valence electrons. The van der Waals surface area contributed by atoms with E-state index in [0.717, 1.165) is 31.1 Å². The normalized spacial score (nSPS) is 16.9. The fourth-order valence-electron chi connectivity index (χ4n) is 2.84. The highest BCUT2D eigenvalue weighted by Gasteiger charge is 2.29. The number of halogens is 1. The first kappa shape index (κ1) is 15.5. The van der Waals surface area contributed by atoms with Crippen LogP contribution in [0.2, 0.25) is 0 Å². The van der Waals surface area contributed by atoms with Crippen LogP contribution in [0.5, 0.6) is 0 Å². The Morgan fingerprint density at radius 3 is 2.55 bits per heavy atom. The van der Waals surface area contributed by atoms with E-state index < -0.39 is 0 Å². The van der Waals surface area contributed by atoms with E-state index in [4.69, 9.17) is 0 Å². The fourth-order valence-corrected chi connectivity index (χ4v) is 2.84.